The molecular formula is C16H35O4P. The van der Waals surface area contributed by atoms with E-state index < -0.39 is 7.82 Å². The minimum absolute atomic E-state index is 0.109. The summed E-state index contributed by atoms with van der Waals surface area (Å²) in [6, 6.07) is 0. The Hall–Kier alpha value is 0.110. The molecule has 1 atom stereocenters. The van der Waals surface area contributed by atoms with Gasteiger partial charge in [0.1, 0.15) is 0 Å². The molecule has 0 bridgehead atoms. The van der Waals surface area contributed by atoms with Gasteiger partial charge in [-0.2, -0.15) is 0 Å². The van der Waals surface area contributed by atoms with Crippen LogP contribution in [0.3, 0.4) is 0 Å². The lowest BCUT2D eigenvalue weighted by Gasteiger charge is -2.21. The SMILES string of the molecule is CCCCCCOP(=O)(OCCCCCC)OC(C)CC. The smallest absolute Gasteiger partial charge is 0.287 e. The summed E-state index contributed by atoms with van der Waals surface area (Å²) in [5, 5.41) is 0. The molecule has 0 N–H and O–H groups in total. The van der Waals surface area contributed by atoms with Crippen LogP contribution in [0.4, 0.5) is 0 Å². The molecule has 1 unspecified atom stereocenters. The fourth-order valence-electron chi connectivity index (χ4n) is 1.80. The fraction of sp³-hybridized carbons (Fsp3) is 1.00. The van der Waals surface area contributed by atoms with Gasteiger partial charge < -0.3 is 0 Å². The molecule has 0 aromatic carbocycles. The van der Waals surface area contributed by atoms with Crippen LogP contribution >= 0.6 is 7.82 Å². The van der Waals surface area contributed by atoms with Crippen LogP contribution in [0, 0.1) is 0 Å². The van der Waals surface area contributed by atoms with Crippen molar-refractivity contribution in [1.82, 2.24) is 0 Å². The van der Waals surface area contributed by atoms with E-state index in [1.165, 1.54) is 25.7 Å². The molecular weight excluding hydrogens is 287 g/mol. The molecule has 0 spiro atoms. The fourth-order valence-corrected chi connectivity index (χ4v) is 3.29. The second kappa shape index (κ2) is 13.8. The summed E-state index contributed by atoms with van der Waals surface area (Å²) in [6.45, 7) is 9.12. The first kappa shape index (κ1) is 21.1. The van der Waals surface area contributed by atoms with Crippen molar-refractivity contribution in [2.24, 2.45) is 0 Å². The lowest BCUT2D eigenvalue weighted by Crippen LogP contribution is -2.10. The van der Waals surface area contributed by atoms with Crippen LogP contribution < -0.4 is 0 Å². The topological polar surface area (TPSA) is 44.8 Å². The maximum Gasteiger partial charge on any atom is 0.475 e. The van der Waals surface area contributed by atoms with Gasteiger partial charge in [0.05, 0.1) is 19.3 Å². The summed E-state index contributed by atoms with van der Waals surface area (Å²) in [5.74, 6) is 0. The number of phosphoric ester groups is 1. The quantitative estimate of drug-likeness (QED) is 0.270. The molecule has 5 heteroatoms. The van der Waals surface area contributed by atoms with E-state index in [9.17, 15) is 4.57 Å². The molecule has 0 aromatic heterocycles. The van der Waals surface area contributed by atoms with Gasteiger partial charge in [-0.1, -0.05) is 59.3 Å². The number of rotatable bonds is 15. The van der Waals surface area contributed by atoms with Gasteiger partial charge in [0.2, 0.25) is 0 Å². The van der Waals surface area contributed by atoms with Gasteiger partial charge in [-0.05, 0) is 26.2 Å². The van der Waals surface area contributed by atoms with Crippen LogP contribution in [0.15, 0.2) is 0 Å². The van der Waals surface area contributed by atoms with E-state index in [-0.39, 0.29) is 6.10 Å². The van der Waals surface area contributed by atoms with Crippen LogP contribution in [0.5, 0.6) is 0 Å². The summed E-state index contributed by atoms with van der Waals surface area (Å²) >= 11 is 0. The third kappa shape index (κ3) is 12.3. The van der Waals surface area contributed by atoms with Gasteiger partial charge in [0.15, 0.2) is 0 Å². The molecule has 0 aliphatic rings. The number of hydrogen-bond donors (Lipinski definition) is 0. The molecule has 128 valence electrons. The summed E-state index contributed by atoms with van der Waals surface area (Å²) in [7, 11) is -3.39. The average Bonchev–Trinajstić information content (AvgIpc) is 2.46. The van der Waals surface area contributed by atoms with Gasteiger partial charge >= 0.3 is 7.82 Å². The molecule has 0 amide bonds. The van der Waals surface area contributed by atoms with E-state index in [1.54, 1.807) is 0 Å². The minimum Gasteiger partial charge on any atom is -0.287 e. The van der Waals surface area contributed by atoms with E-state index in [0.717, 1.165) is 32.1 Å². The highest BCUT2D eigenvalue weighted by Gasteiger charge is 2.28. The predicted molar refractivity (Wildman–Crippen MR) is 88.6 cm³/mol. The lowest BCUT2D eigenvalue weighted by atomic mass is 10.2. The van der Waals surface area contributed by atoms with Crippen LogP contribution in [-0.4, -0.2) is 19.3 Å². The zero-order valence-electron chi connectivity index (χ0n) is 14.4. The summed E-state index contributed by atoms with van der Waals surface area (Å²) in [6.07, 6.45) is 9.39. The normalized spacial score (nSPS) is 13.5. The largest absolute Gasteiger partial charge is 0.475 e. The number of hydrogen-bond acceptors (Lipinski definition) is 4. The molecule has 4 nitrogen and oxygen atoms in total. The van der Waals surface area contributed by atoms with E-state index in [1.807, 2.05) is 13.8 Å². The molecule has 0 aliphatic carbocycles. The van der Waals surface area contributed by atoms with E-state index in [2.05, 4.69) is 13.8 Å². The Morgan fingerprint density at radius 3 is 1.67 bits per heavy atom. The summed E-state index contributed by atoms with van der Waals surface area (Å²) in [5.41, 5.74) is 0. The first-order chi connectivity index (χ1) is 10.1. The molecule has 21 heavy (non-hydrogen) atoms. The number of phosphoric acid groups is 1. The Morgan fingerprint density at radius 1 is 0.810 bits per heavy atom. The molecule has 0 rings (SSSR count). The van der Waals surface area contributed by atoms with Crippen molar-refractivity contribution >= 4 is 7.82 Å². The van der Waals surface area contributed by atoms with Gasteiger partial charge in [0.25, 0.3) is 0 Å². The van der Waals surface area contributed by atoms with Gasteiger partial charge in [-0.15, -0.1) is 0 Å². The highest BCUT2D eigenvalue weighted by Crippen LogP contribution is 2.51. The van der Waals surface area contributed by atoms with E-state index in [0.29, 0.717) is 13.2 Å². The molecule has 0 radical (unpaired) electrons. The molecule has 0 saturated heterocycles. The third-order valence-electron chi connectivity index (χ3n) is 3.38. The lowest BCUT2D eigenvalue weighted by molar-refractivity contribution is 0.0809. The van der Waals surface area contributed by atoms with Crippen molar-refractivity contribution in [2.75, 3.05) is 13.2 Å². The van der Waals surface area contributed by atoms with Gasteiger partial charge in [-0.25, -0.2) is 4.57 Å². The predicted octanol–water partition coefficient (Wildman–Crippen LogP) is 6.10. The maximum atomic E-state index is 12.6. The van der Waals surface area contributed by atoms with Crippen molar-refractivity contribution in [1.29, 1.82) is 0 Å². The molecule has 0 heterocycles. The number of unbranched alkanes of at least 4 members (excludes halogenated alkanes) is 6. The molecule has 0 aromatic rings. The summed E-state index contributed by atoms with van der Waals surface area (Å²) in [4.78, 5) is 0. The van der Waals surface area contributed by atoms with E-state index in [4.69, 9.17) is 13.6 Å². The zero-order valence-corrected chi connectivity index (χ0v) is 15.3. The van der Waals surface area contributed by atoms with Crippen molar-refractivity contribution in [3.63, 3.8) is 0 Å². The molecule has 0 saturated carbocycles. The Labute approximate surface area is 131 Å². The molecule has 0 aliphatic heterocycles. The minimum atomic E-state index is -3.39. The average molecular weight is 322 g/mol. The van der Waals surface area contributed by atoms with Gasteiger partial charge in [-0.3, -0.25) is 13.6 Å². The summed E-state index contributed by atoms with van der Waals surface area (Å²) < 4.78 is 29.0. The van der Waals surface area contributed by atoms with E-state index >= 15 is 0 Å². The highest BCUT2D eigenvalue weighted by atomic mass is 31.2. The molecule has 0 fully saturated rings. The van der Waals surface area contributed by atoms with Crippen LogP contribution in [0.25, 0.3) is 0 Å². The van der Waals surface area contributed by atoms with Crippen molar-refractivity contribution < 1.29 is 18.1 Å². The standard InChI is InChI=1S/C16H35O4P/c1-5-8-10-12-14-18-21(17,20-16(4)7-3)19-15-13-11-9-6-2/h16H,5-15H2,1-4H3. The van der Waals surface area contributed by atoms with Gasteiger partial charge in [0, 0.05) is 0 Å². The Morgan fingerprint density at radius 2 is 1.29 bits per heavy atom. The second-order valence-corrected chi connectivity index (χ2v) is 7.18. The third-order valence-corrected chi connectivity index (χ3v) is 4.99. The zero-order chi connectivity index (χ0) is 16.0. The first-order valence-corrected chi connectivity index (χ1v) is 10.1. The first-order valence-electron chi connectivity index (χ1n) is 8.65. The van der Waals surface area contributed by atoms with Crippen molar-refractivity contribution in [2.45, 2.75) is 91.6 Å². The monoisotopic (exact) mass is 322 g/mol. The van der Waals surface area contributed by atoms with Crippen LogP contribution in [0.1, 0.15) is 85.5 Å². The Bertz CT molecular complexity index is 253. The van der Waals surface area contributed by atoms with Crippen molar-refractivity contribution in [3.05, 3.63) is 0 Å². The maximum absolute atomic E-state index is 12.6. The van der Waals surface area contributed by atoms with Crippen LogP contribution in [-0.2, 0) is 18.1 Å². The Kier molecular flexibility index (Phi) is 13.8. The second-order valence-electron chi connectivity index (χ2n) is 5.56. The van der Waals surface area contributed by atoms with Crippen molar-refractivity contribution in [3.8, 4) is 0 Å². The van der Waals surface area contributed by atoms with Crippen LogP contribution in [0.2, 0.25) is 0 Å². The highest BCUT2D eigenvalue weighted by molar-refractivity contribution is 7.48. The Balaban J connectivity index is 4.11.